The Bertz CT molecular complexity index is 1030. The number of aryl methyl sites for hydroxylation is 1. The second-order valence-corrected chi connectivity index (χ2v) is 7.18. The van der Waals surface area contributed by atoms with Crippen molar-refractivity contribution in [3.8, 4) is 17.1 Å². The summed E-state index contributed by atoms with van der Waals surface area (Å²) in [5.41, 5.74) is 0.714. The van der Waals surface area contributed by atoms with Crippen LogP contribution in [0.3, 0.4) is 0 Å². The Morgan fingerprint density at radius 2 is 2.00 bits per heavy atom. The first-order valence-corrected chi connectivity index (χ1v) is 9.11. The molecule has 1 heterocycles. The molecule has 0 bridgehead atoms. The van der Waals surface area contributed by atoms with Crippen LogP contribution in [0.15, 0.2) is 51.9 Å². The number of aromatic nitrogens is 2. The molecule has 0 saturated carbocycles. The Hall–Kier alpha value is -2.78. The third-order valence-corrected chi connectivity index (χ3v) is 5.23. The Balaban J connectivity index is 1.76. The SMILES string of the molecule is COc1ccc(S(=O)(=O)NCc2nc(-c3ccccc3F)no2)c(C)c1. The van der Waals surface area contributed by atoms with Gasteiger partial charge in [0.25, 0.3) is 0 Å². The summed E-state index contributed by atoms with van der Waals surface area (Å²) in [7, 11) is -2.28. The lowest BCUT2D eigenvalue weighted by Gasteiger charge is -2.09. The molecule has 3 aromatic rings. The van der Waals surface area contributed by atoms with Crippen LogP contribution in [0.5, 0.6) is 5.75 Å². The molecule has 26 heavy (non-hydrogen) atoms. The molecule has 0 unspecified atom stereocenters. The van der Waals surface area contributed by atoms with E-state index in [9.17, 15) is 12.8 Å². The van der Waals surface area contributed by atoms with Crippen LogP contribution >= 0.6 is 0 Å². The second kappa shape index (κ2) is 7.22. The monoisotopic (exact) mass is 377 g/mol. The highest BCUT2D eigenvalue weighted by Crippen LogP contribution is 2.22. The average molecular weight is 377 g/mol. The number of halogens is 1. The van der Waals surface area contributed by atoms with E-state index in [1.165, 1.54) is 25.3 Å². The van der Waals surface area contributed by atoms with Crippen molar-refractivity contribution < 1.29 is 22.1 Å². The number of rotatable bonds is 6. The van der Waals surface area contributed by atoms with Gasteiger partial charge in [-0.3, -0.25) is 0 Å². The number of methoxy groups -OCH3 is 1. The minimum Gasteiger partial charge on any atom is -0.497 e. The zero-order chi connectivity index (χ0) is 18.7. The number of ether oxygens (including phenoxy) is 1. The normalized spacial score (nSPS) is 11.5. The largest absolute Gasteiger partial charge is 0.497 e. The van der Waals surface area contributed by atoms with Gasteiger partial charge in [0.05, 0.1) is 24.1 Å². The van der Waals surface area contributed by atoms with Crippen LogP contribution in [0, 0.1) is 12.7 Å². The molecule has 0 fully saturated rings. The number of hydrogen-bond donors (Lipinski definition) is 1. The van der Waals surface area contributed by atoms with Crippen molar-refractivity contribution in [3.05, 3.63) is 59.7 Å². The highest BCUT2D eigenvalue weighted by Gasteiger charge is 2.19. The highest BCUT2D eigenvalue weighted by molar-refractivity contribution is 7.89. The molecule has 3 rings (SSSR count). The number of nitrogens with one attached hydrogen (secondary N) is 1. The molecular formula is C17H16FN3O4S. The first kappa shape index (κ1) is 18.0. The molecule has 0 spiro atoms. The zero-order valence-corrected chi connectivity index (χ0v) is 14.9. The van der Waals surface area contributed by atoms with Crippen LogP contribution in [0.1, 0.15) is 11.5 Å². The summed E-state index contributed by atoms with van der Waals surface area (Å²) in [5, 5.41) is 3.68. The third-order valence-electron chi connectivity index (χ3n) is 3.67. The smallest absolute Gasteiger partial charge is 0.242 e. The number of benzene rings is 2. The van der Waals surface area contributed by atoms with E-state index in [4.69, 9.17) is 9.26 Å². The summed E-state index contributed by atoms with van der Waals surface area (Å²) >= 11 is 0. The number of hydrogen-bond acceptors (Lipinski definition) is 6. The van der Waals surface area contributed by atoms with Gasteiger partial charge in [-0.2, -0.15) is 4.98 Å². The van der Waals surface area contributed by atoms with Crippen LogP contribution in [0.25, 0.3) is 11.4 Å². The van der Waals surface area contributed by atoms with E-state index in [0.29, 0.717) is 11.3 Å². The predicted molar refractivity (Wildman–Crippen MR) is 91.4 cm³/mol. The maximum atomic E-state index is 13.7. The van der Waals surface area contributed by atoms with E-state index in [1.807, 2.05) is 0 Å². The van der Waals surface area contributed by atoms with E-state index in [0.717, 1.165) is 0 Å². The molecule has 2 aromatic carbocycles. The lowest BCUT2D eigenvalue weighted by atomic mass is 10.2. The minimum absolute atomic E-state index is 0.0259. The summed E-state index contributed by atoms with van der Waals surface area (Å²) < 4.78 is 51.1. The quantitative estimate of drug-likeness (QED) is 0.710. The summed E-state index contributed by atoms with van der Waals surface area (Å²) in [5.74, 6) is 0.151. The van der Waals surface area contributed by atoms with E-state index in [2.05, 4.69) is 14.9 Å². The minimum atomic E-state index is -3.79. The van der Waals surface area contributed by atoms with Gasteiger partial charge in [0.1, 0.15) is 11.6 Å². The molecule has 0 atom stereocenters. The molecule has 0 aliphatic rings. The van der Waals surface area contributed by atoms with Gasteiger partial charge in [-0.05, 0) is 42.8 Å². The van der Waals surface area contributed by atoms with Gasteiger partial charge in [0.2, 0.25) is 21.7 Å². The summed E-state index contributed by atoms with van der Waals surface area (Å²) in [4.78, 5) is 4.14. The van der Waals surface area contributed by atoms with E-state index in [-0.39, 0.29) is 28.7 Å². The summed E-state index contributed by atoms with van der Waals surface area (Å²) in [6, 6.07) is 10.6. The number of sulfonamides is 1. The predicted octanol–water partition coefficient (Wildman–Crippen LogP) is 2.67. The Kier molecular flexibility index (Phi) is 5.01. The Morgan fingerprint density at radius 3 is 2.69 bits per heavy atom. The number of nitrogens with zero attached hydrogens (tertiary/aromatic N) is 2. The molecule has 0 radical (unpaired) electrons. The van der Waals surface area contributed by atoms with Gasteiger partial charge in [0, 0.05) is 0 Å². The average Bonchev–Trinajstić information content (AvgIpc) is 3.09. The zero-order valence-electron chi connectivity index (χ0n) is 14.1. The summed E-state index contributed by atoms with van der Waals surface area (Å²) in [6.07, 6.45) is 0. The fourth-order valence-electron chi connectivity index (χ4n) is 2.36. The Labute approximate surface area is 149 Å². The van der Waals surface area contributed by atoms with Crippen LogP contribution in [-0.2, 0) is 16.6 Å². The van der Waals surface area contributed by atoms with Crippen LogP contribution in [0.2, 0.25) is 0 Å². The molecule has 9 heteroatoms. The van der Waals surface area contributed by atoms with Crippen molar-refractivity contribution >= 4 is 10.0 Å². The van der Waals surface area contributed by atoms with Crippen LogP contribution < -0.4 is 9.46 Å². The Morgan fingerprint density at radius 1 is 1.23 bits per heavy atom. The van der Waals surface area contributed by atoms with Crippen molar-refractivity contribution in [2.45, 2.75) is 18.4 Å². The first-order valence-electron chi connectivity index (χ1n) is 7.62. The first-order chi connectivity index (χ1) is 12.4. The van der Waals surface area contributed by atoms with Crippen molar-refractivity contribution in [3.63, 3.8) is 0 Å². The van der Waals surface area contributed by atoms with E-state index >= 15 is 0 Å². The molecule has 7 nitrogen and oxygen atoms in total. The molecule has 1 aromatic heterocycles. The van der Waals surface area contributed by atoms with Crippen molar-refractivity contribution in [1.82, 2.24) is 14.9 Å². The summed E-state index contributed by atoms with van der Waals surface area (Å²) in [6.45, 7) is 1.45. The lowest BCUT2D eigenvalue weighted by molar-refractivity contribution is 0.375. The van der Waals surface area contributed by atoms with Gasteiger partial charge < -0.3 is 9.26 Å². The van der Waals surface area contributed by atoms with Crippen molar-refractivity contribution in [2.24, 2.45) is 0 Å². The molecule has 136 valence electrons. The second-order valence-electron chi connectivity index (χ2n) is 5.45. The van der Waals surface area contributed by atoms with Gasteiger partial charge in [0.15, 0.2) is 0 Å². The molecule has 0 saturated heterocycles. The molecule has 0 amide bonds. The fourth-order valence-corrected chi connectivity index (χ4v) is 3.56. The van der Waals surface area contributed by atoms with Crippen molar-refractivity contribution in [2.75, 3.05) is 7.11 Å². The lowest BCUT2D eigenvalue weighted by Crippen LogP contribution is -2.24. The van der Waals surface area contributed by atoms with Crippen LogP contribution in [-0.4, -0.2) is 25.7 Å². The van der Waals surface area contributed by atoms with Gasteiger partial charge in [-0.1, -0.05) is 17.3 Å². The molecule has 1 N–H and O–H groups in total. The van der Waals surface area contributed by atoms with Gasteiger partial charge >= 0.3 is 0 Å². The van der Waals surface area contributed by atoms with Gasteiger partial charge in [-0.15, -0.1) is 0 Å². The van der Waals surface area contributed by atoms with Crippen LogP contribution in [0.4, 0.5) is 4.39 Å². The maximum absolute atomic E-state index is 13.7. The topological polar surface area (TPSA) is 94.3 Å². The fraction of sp³-hybridized carbons (Fsp3) is 0.176. The molecule has 0 aliphatic carbocycles. The van der Waals surface area contributed by atoms with E-state index in [1.54, 1.807) is 31.2 Å². The molecular weight excluding hydrogens is 361 g/mol. The standard InChI is InChI=1S/C17H16FN3O4S/c1-11-9-12(24-2)7-8-15(11)26(22,23)19-10-16-20-17(21-25-16)13-5-3-4-6-14(13)18/h3-9,19H,10H2,1-2H3. The van der Waals surface area contributed by atoms with E-state index < -0.39 is 15.8 Å². The molecule has 0 aliphatic heterocycles. The van der Waals surface area contributed by atoms with Gasteiger partial charge in [-0.25, -0.2) is 17.5 Å². The highest BCUT2D eigenvalue weighted by atomic mass is 32.2. The third kappa shape index (κ3) is 3.73. The van der Waals surface area contributed by atoms with Crippen molar-refractivity contribution in [1.29, 1.82) is 0 Å². The maximum Gasteiger partial charge on any atom is 0.242 e.